The average molecular weight is 445 g/mol. The van der Waals surface area contributed by atoms with Crippen LogP contribution in [-0.2, 0) is 16.1 Å². The van der Waals surface area contributed by atoms with E-state index < -0.39 is 0 Å². The number of carbonyl (C=O) groups excluding carboxylic acids is 2. The number of hydrogen-bond acceptors (Lipinski definition) is 4. The van der Waals surface area contributed by atoms with Crippen molar-refractivity contribution in [1.29, 1.82) is 0 Å². The summed E-state index contributed by atoms with van der Waals surface area (Å²) in [5, 5.41) is 8.00. The number of benzene rings is 2. The first-order valence-electron chi connectivity index (χ1n) is 9.29. The van der Waals surface area contributed by atoms with Gasteiger partial charge in [0.2, 0.25) is 5.91 Å². The molecule has 1 aliphatic heterocycles. The van der Waals surface area contributed by atoms with Crippen LogP contribution in [0, 0.1) is 0 Å². The molecule has 2 aromatic carbocycles. The minimum Gasteiger partial charge on any atom is -0.482 e. The predicted molar refractivity (Wildman–Crippen MR) is 115 cm³/mol. The van der Waals surface area contributed by atoms with Gasteiger partial charge in [0.05, 0.1) is 28.5 Å². The molecule has 7 nitrogen and oxygen atoms in total. The number of ether oxygens (including phenoxy) is 1. The molecule has 0 atom stereocenters. The number of hydrogen-bond donors (Lipinski definition) is 1. The first-order chi connectivity index (χ1) is 14.5. The van der Waals surface area contributed by atoms with E-state index in [0.717, 1.165) is 5.56 Å². The third-order valence-electron chi connectivity index (χ3n) is 4.71. The van der Waals surface area contributed by atoms with Gasteiger partial charge >= 0.3 is 0 Å². The topological polar surface area (TPSA) is 76.5 Å². The highest BCUT2D eigenvalue weighted by Crippen LogP contribution is 2.31. The molecule has 4 rings (SSSR count). The summed E-state index contributed by atoms with van der Waals surface area (Å²) in [6.45, 7) is 0.572. The second-order valence-electron chi connectivity index (χ2n) is 6.69. The number of amides is 2. The van der Waals surface area contributed by atoms with Crippen molar-refractivity contribution in [1.82, 2.24) is 9.78 Å². The van der Waals surface area contributed by atoms with Crippen LogP contribution in [0.15, 0.2) is 54.7 Å². The maximum absolute atomic E-state index is 12.5. The molecule has 1 N–H and O–H groups in total. The first kappa shape index (κ1) is 20.3. The minimum atomic E-state index is -0.231. The molecule has 9 heteroatoms. The molecule has 2 heterocycles. The van der Waals surface area contributed by atoms with E-state index in [1.54, 1.807) is 40.0 Å². The first-order valence-corrected chi connectivity index (χ1v) is 10.1. The monoisotopic (exact) mass is 444 g/mol. The molecule has 0 radical (unpaired) electrons. The van der Waals surface area contributed by atoms with E-state index in [-0.39, 0.29) is 31.4 Å². The van der Waals surface area contributed by atoms with E-state index in [1.165, 1.54) is 0 Å². The van der Waals surface area contributed by atoms with Gasteiger partial charge in [0.1, 0.15) is 11.6 Å². The van der Waals surface area contributed by atoms with Gasteiger partial charge in [-0.3, -0.25) is 9.59 Å². The van der Waals surface area contributed by atoms with E-state index in [1.807, 2.05) is 24.3 Å². The van der Waals surface area contributed by atoms with E-state index in [9.17, 15) is 9.59 Å². The van der Waals surface area contributed by atoms with Crippen LogP contribution >= 0.6 is 23.2 Å². The van der Waals surface area contributed by atoms with Crippen LogP contribution in [0.5, 0.6) is 5.75 Å². The van der Waals surface area contributed by atoms with Gasteiger partial charge in [-0.15, -0.1) is 0 Å². The second-order valence-corrected chi connectivity index (χ2v) is 7.47. The molecule has 0 aliphatic carbocycles. The summed E-state index contributed by atoms with van der Waals surface area (Å²) in [5.41, 5.74) is 1.46. The van der Waals surface area contributed by atoms with Crippen molar-refractivity contribution in [3.8, 4) is 5.75 Å². The van der Waals surface area contributed by atoms with Crippen LogP contribution in [0.2, 0.25) is 10.0 Å². The summed E-state index contributed by atoms with van der Waals surface area (Å²) < 4.78 is 7.05. The number of carbonyl (C=O) groups is 2. The molecule has 0 saturated carbocycles. The predicted octanol–water partition coefficient (Wildman–Crippen LogP) is 3.99. The molecule has 0 saturated heterocycles. The van der Waals surface area contributed by atoms with Crippen LogP contribution in [0.25, 0.3) is 0 Å². The molecular formula is C21H18Cl2N4O3. The molecule has 0 bridgehead atoms. The molecule has 1 aliphatic rings. The lowest BCUT2D eigenvalue weighted by atomic mass is 10.2. The number of halogens is 2. The van der Waals surface area contributed by atoms with Crippen molar-refractivity contribution in [2.45, 2.75) is 13.0 Å². The summed E-state index contributed by atoms with van der Waals surface area (Å²) in [6.07, 6.45) is 1.72. The average Bonchev–Trinajstić information content (AvgIpc) is 3.17. The smallest absolute Gasteiger partial charge is 0.265 e. The highest BCUT2D eigenvalue weighted by Gasteiger charge is 2.25. The highest BCUT2D eigenvalue weighted by atomic mass is 35.5. The largest absolute Gasteiger partial charge is 0.482 e. The summed E-state index contributed by atoms with van der Waals surface area (Å²) in [7, 11) is 0. The van der Waals surface area contributed by atoms with Crippen LogP contribution in [0.4, 0.5) is 11.5 Å². The number of rotatable bonds is 6. The van der Waals surface area contributed by atoms with Crippen molar-refractivity contribution in [2.75, 3.05) is 23.4 Å². The molecule has 30 heavy (non-hydrogen) atoms. The number of aromatic nitrogens is 2. The fourth-order valence-corrected chi connectivity index (χ4v) is 3.59. The van der Waals surface area contributed by atoms with E-state index in [4.69, 9.17) is 27.9 Å². The molecular weight excluding hydrogens is 427 g/mol. The van der Waals surface area contributed by atoms with E-state index >= 15 is 0 Å². The lowest BCUT2D eigenvalue weighted by Crippen LogP contribution is -2.40. The Morgan fingerprint density at radius 3 is 2.83 bits per heavy atom. The van der Waals surface area contributed by atoms with Crippen molar-refractivity contribution in [2.24, 2.45) is 0 Å². The third kappa shape index (κ3) is 4.27. The Labute approximate surface area is 183 Å². The van der Waals surface area contributed by atoms with Gasteiger partial charge in [0.25, 0.3) is 5.91 Å². The molecule has 1 aromatic heterocycles. The van der Waals surface area contributed by atoms with Gasteiger partial charge in [-0.25, -0.2) is 4.68 Å². The maximum atomic E-state index is 12.5. The number of anilines is 2. The van der Waals surface area contributed by atoms with Gasteiger partial charge in [0, 0.05) is 19.0 Å². The molecule has 0 fully saturated rings. The molecule has 2 amide bonds. The number of nitrogens with zero attached hydrogens (tertiary/aromatic N) is 3. The van der Waals surface area contributed by atoms with Crippen molar-refractivity contribution < 1.29 is 14.3 Å². The Balaban J connectivity index is 1.41. The quantitative estimate of drug-likeness (QED) is 0.623. The zero-order valence-electron chi connectivity index (χ0n) is 15.8. The zero-order chi connectivity index (χ0) is 21.1. The lowest BCUT2D eigenvalue weighted by molar-refractivity contribution is -0.121. The Bertz CT molecular complexity index is 1100. The van der Waals surface area contributed by atoms with E-state index in [0.29, 0.717) is 33.8 Å². The SMILES string of the molecule is O=C(CCN1C(=O)COc2ccccc21)Nc1ccnn1Cc1cccc(Cl)c1Cl. The van der Waals surface area contributed by atoms with E-state index in [2.05, 4.69) is 10.4 Å². The van der Waals surface area contributed by atoms with Crippen LogP contribution in [-0.4, -0.2) is 34.7 Å². The van der Waals surface area contributed by atoms with Crippen molar-refractivity contribution in [3.63, 3.8) is 0 Å². The maximum Gasteiger partial charge on any atom is 0.265 e. The fraction of sp³-hybridized carbons (Fsp3) is 0.190. The Kier molecular flexibility index (Phi) is 5.92. The fourth-order valence-electron chi connectivity index (χ4n) is 3.21. The molecule has 154 valence electrons. The second kappa shape index (κ2) is 8.77. The van der Waals surface area contributed by atoms with Crippen LogP contribution in [0.1, 0.15) is 12.0 Å². The lowest BCUT2D eigenvalue weighted by Gasteiger charge is -2.29. The third-order valence-corrected chi connectivity index (χ3v) is 5.56. The summed E-state index contributed by atoms with van der Waals surface area (Å²) in [5.74, 6) is 0.756. The highest BCUT2D eigenvalue weighted by molar-refractivity contribution is 6.42. The van der Waals surface area contributed by atoms with Gasteiger partial charge < -0.3 is 15.0 Å². The van der Waals surface area contributed by atoms with Gasteiger partial charge in [0.15, 0.2) is 6.61 Å². The Hall–Kier alpha value is -3.03. The number of para-hydroxylation sites is 2. The Morgan fingerprint density at radius 1 is 1.13 bits per heavy atom. The van der Waals surface area contributed by atoms with Crippen molar-refractivity contribution >= 4 is 46.5 Å². The number of nitrogens with one attached hydrogen (secondary N) is 1. The molecule has 0 spiro atoms. The summed E-state index contributed by atoms with van der Waals surface area (Å²) in [6, 6.07) is 14.3. The summed E-state index contributed by atoms with van der Waals surface area (Å²) in [4.78, 5) is 26.3. The van der Waals surface area contributed by atoms with Crippen molar-refractivity contribution in [3.05, 3.63) is 70.3 Å². The minimum absolute atomic E-state index is 0.0359. The van der Waals surface area contributed by atoms with Crippen LogP contribution in [0.3, 0.4) is 0 Å². The van der Waals surface area contributed by atoms with Gasteiger partial charge in [-0.2, -0.15) is 5.10 Å². The number of fused-ring (bicyclic) bond motifs is 1. The van der Waals surface area contributed by atoms with Gasteiger partial charge in [-0.05, 0) is 23.8 Å². The summed E-state index contributed by atoms with van der Waals surface area (Å²) >= 11 is 12.3. The zero-order valence-corrected chi connectivity index (χ0v) is 17.4. The van der Waals surface area contributed by atoms with Crippen LogP contribution < -0.4 is 15.0 Å². The molecule has 3 aromatic rings. The van der Waals surface area contributed by atoms with Gasteiger partial charge in [-0.1, -0.05) is 47.5 Å². The Morgan fingerprint density at radius 2 is 1.97 bits per heavy atom. The molecule has 0 unspecified atom stereocenters. The standard InChI is InChI=1S/C21H18Cl2N4O3/c22-15-5-3-4-14(21(15)23)12-27-18(8-10-24-27)25-19(28)9-11-26-16-6-1-2-7-17(16)30-13-20(26)29/h1-8,10H,9,11-13H2,(H,25,28). The normalized spacial score (nSPS) is 13.0.